The molecule has 98 valence electrons. The summed E-state index contributed by atoms with van der Waals surface area (Å²) in [5, 5.41) is 3.36. The largest absolute Gasteiger partial charge is 0.462 e. The van der Waals surface area contributed by atoms with E-state index in [9.17, 15) is 4.79 Å². The Kier molecular flexibility index (Phi) is 5.98. The first kappa shape index (κ1) is 14.3. The van der Waals surface area contributed by atoms with E-state index in [1.54, 1.807) is 13.0 Å². The molecule has 0 fully saturated rings. The third-order valence-corrected chi connectivity index (χ3v) is 2.59. The zero-order valence-electron chi connectivity index (χ0n) is 11.1. The number of allylic oxidation sites excluding steroid dienone is 1. The van der Waals surface area contributed by atoms with Gasteiger partial charge in [0.15, 0.2) is 0 Å². The molecule has 0 radical (unpaired) electrons. The van der Waals surface area contributed by atoms with Crippen molar-refractivity contribution < 1.29 is 9.53 Å². The Morgan fingerprint density at radius 3 is 3.00 bits per heavy atom. The fourth-order valence-electron chi connectivity index (χ4n) is 1.67. The van der Waals surface area contributed by atoms with Crippen LogP contribution in [0.5, 0.6) is 0 Å². The van der Waals surface area contributed by atoms with Gasteiger partial charge in [0.2, 0.25) is 0 Å². The van der Waals surface area contributed by atoms with Crippen LogP contribution in [0.2, 0.25) is 0 Å². The molecule has 1 N–H and O–H groups in total. The first-order valence-electron chi connectivity index (χ1n) is 6.32. The van der Waals surface area contributed by atoms with E-state index in [0.29, 0.717) is 18.2 Å². The second-order valence-corrected chi connectivity index (χ2v) is 4.21. The summed E-state index contributed by atoms with van der Waals surface area (Å²) >= 11 is 0. The minimum atomic E-state index is -0.278. The molecular weight excluding hydrogens is 226 g/mol. The lowest BCUT2D eigenvalue weighted by molar-refractivity contribution is 0.0526. The Hall–Kier alpha value is -1.77. The van der Waals surface area contributed by atoms with E-state index >= 15 is 0 Å². The van der Waals surface area contributed by atoms with Crippen molar-refractivity contribution >= 4 is 11.7 Å². The van der Waals surface area contributed by atoms with Crippen molar-refractivity contribution in [1.29, 1.82) is 0 Å². The van der Waals surface area contributed by atoms with E-state index < -0.39 is 0 Å². The maximum absolute atomic E-state index is 11.6. The van der Waals surface area contributed by atoms with Crippen molar-refractivity contribution in [3.8, 4) is 0 Å². The normalized spacial score (nSPS) is 11.7. The minimum absolute atomic E-state index is 0.278. The highest BCUT2D eigenvalue weighted by Gasteiger charge is 2.07. The molecule has 0 heterocycles. The van der Waals surface area contributed by atoms with Crippen molar-refractivity contribution in [1.82, 2.24) is 0 Å². The SMILES string of the molecule is C=CCCC(C)Nc1cccc(C(=O)OCC)c1. The van der Waals surface area contributed by atoms with E-state index in [1.165, 1.54) is 0 Å². The minimum Gasteiger partial charge on any atom is -0.462 e. The summed E-state index contributed by atoms with van der Waals surface area (Å²) in [5.41, 5.74) is 1.52. The van der Waals surface area contributed by atoms with Crippen LogP contribution in [0.1, 0.15) is 37.0 Å². The van der Waals surface area contributed by atoms with Crippen LogP contribution in [0.25, 0.3) is 0 Å². The van der Waals surface area contributed by atoms with Crippen molar-refractivity contribution in [2.45, 2.75) is 32.7 Å². The highest BCUT2D eigenvalue weighted by Crippen LogP contribution is 2.14. The summed E-state index contributed by atoms with van der Waals surface area (Å²) in [5.74, 6) is -0.278. The van der Waals surface area contributed by atoms with Crippen LogP contribution >= 0.6 is 0 Å². The lowest BCUT2D eigenvalue weighted by atomic mass is 10.1. The van der Waals surface area contributed by atoms with Gasteiger partial charge in [0, 0.05) is 11.7 Å². The Balaban J connectivity index is 2.64. The molecule has 18 heavy (non-hydrogen) atoms. The van der Waals surface area contributed by atoms with Gasteiger partial charge in [-0.3, -0.25) is 0 Å². The number of ether oxygens (including phenoxy) is 1. The molecule has 0 aliphatic rings. The molecule has 0 aliphatic carbocycles. The van der Waals surface area contributed by atoms with Gasteiger partial charge in [-0.15, -0.1) is 6.58 Å². The van der Waals surface area contributed by atoms with Gasteiger partial charge in [0.05, 0.1) is 12.2 Å². The van der Waals surface area contributed by atoms with E-state index in [4.69, 9.17) is 4.74 Å². The van der Waals surface area contributed by atoms with Crippen LogP contribution in [0.4, 0.5) is 5.69 Å². The number of benzene rings is 1. The van der Waals surface area contributed by atoms with Gasteiger partial charge >= 0.3 is 5.97 Å². The summed E-state index contributed by atoms with van der Waals surface area (Å²) in [6, 6.07) is 7.74. The zero-order chi connectivity index (χ0) is 13.4. The third kappa shape index (κ3) is 4.62. The Morgan fingerprint density at radius 1 is 1.56 bits per heavy atom. The van der Waals surface area contributed by atoms with Crippen LogP contribution in [0.3, 0.4) is 0 Å². The number of anilines is 1. The quantitative estimate of drug-likeness (QED) is 0.590. The average molecular weight is 247 g/mol. The number of esters is 1. The Bertz CT molecular complexity index is 401. The summed E-state index contributed by atoms with van der Waals surface area (Å²) < 4.78 is 4.97. The van der Waals surface area contributed by atoms with E-state index in [0.717, 1.165) is 18.5 Å². The molecule has 0 spiro atoms. The monoisotopic (exact) mass is 247 g/mol. The molecule has 0 bridgehead atoms. The molecule has 3 heteroatoms. The van der Waals surface area contributed by atoms with Gasteiger partial charge < -0.3 is 10.1 Å². The number of hydrogen-bond acceptors (Lipinski definition) is 3. The molecule has 0 saturated carbocycles. The van der Waals surface area contributed by atoms with Gasteiger partial charge in [-0.1, -0.05) is 12.1 Å². The van der Waals surface area contributed by atoms with Gasteiger partial charge in [0.25, 0.3) is 0 Å². The standard InChI is InChI=1S/C15H21NO2/c1-4-6-8-12(3)16-14-10-7-9-13(11-14)15(17)18-5-2/h4,7,9-12,16H,1,5-6,8H2,2-3H3. The number of nitrogens with one attached hydrogen (secondary N) is 1. The molecule has 1 aromatic rings. The van der Waals surface area contributed by atoms with Crippen molar-refractivity contribution in [2.75, 3.05) is 11.9 Å². The van der Waals surface area contributed by atoms with Crippen LogP contribution < -0.4 is 5.32 Å². The van der Waals surface area contributed by atoms with Crippen LogP contribution in [0.15, 0.2) is 36.9 Å². The lowest BCUT2D eigenvalue weighted by Gasteiger charge is -2.14. The fourth-order valence-corrected chi connectivity index (χ4v) is 1.67. The fraction of sp³-hybridized carbons (Fsp3) is 0.400. The first-order valence-corrected chi connectivity index (χ1v) is 6.32. The van der Waals surface area contributed by atoms with Crippen LogP contribution in [-0.2, 0) is 4.74 Å². The topological polar surface area (TPSA) is 38.3 Å². The van der Waals surface area contributed by atoms with Crippen LogP contribution in [0, 0.1) is 0 Å². The number of carbonyl (C=O) groups excluding carboxylic acids is 1. The van der Waals surface area contributed by atoms with E-state index in [-0.39, 0.29) is 5.97 Å². The van der Waals surface area contributed by atoms with Crippen molar-refractivity contribution in [3.63, 3.8) is 0 Å². The molecule has 1 unspecified atom stereocenters. The molecule has 1 atom stereocenters. The summed E-state index contributed by atoms with van der Waals surface area (Å²) in [6.45, 7) is 8.02. The van der Waals surface area contributed by atoms with Crippen molar-refractivity contribution in [2.24, 2.45) is 0 Å². The molecule has 1 aromatic carbocycles. The summed E-state index contributed by atoms with van der Waals surface area (Å²) in [4.78, 5) is 11.6. The van der Waals surface area contributed by atoms with Gasteiger partial charge in [0.1, 0.15) is 0 Å². The van der Waals surface area contributed by atoms with E-state index in [2.05, 4.69) is 18.8 Å². The first-order chi connectivity index (χ1) is 8.67. The van der Waals surface area contributed by atoms with E-state index in [1.807, 2.05) is 24.3 Å². The van der Waals surface area contributed by atoms with Crippen LogP contribution in [-0.4, -0.2) is 18.6 Å². The number of rotatable bonds is 7. The number of carbonyl (C=O) groups is 1. The second-order valence-electron chi connectivity index (χ2n) is 4.21. The summed E-state index contributed by atoms with van der Waals surface area (Å²) in [6.07, 6.45) is 3.91. The number of hydrogen-bond donors (Lipinski definition) is 1. The molecule has 3 nitrogen and oxygen atoms in total. The molecule has 0 aromatic heterocycles. The predicted octanol–water partition coefficient (Wildman–Crippen LogP) is 3.63. The van der Waals surface area contributed by atoms with Gasteiger partial charge in [-0.2, -0.15) is 0 Å². The maximum atomic E-state index is 11.6. The third-order valence-electron chi connectivity index (χ3n) is 2.59. The molecule has 0 aliphatic heterocycles. The zero-order valence-corrected chi connectivity index (χ0v) is 11.1. The van der Waals surface area contributed by atoms with Crippen molar-refractivity contribution in [3.05, 3.63) is 42.5 Å². The molecule has 0 saturated heterocycles. The smallest absolute Gasteiger partial charge is 0.338 e. The molecular formula is C15H21NO2. The van der Waals surface area contributed by atoms with Gasteiger partial charge in [-0.05, 0) is 44.9 Å². The average Bonchev–Trinajstić information content (AvgIpc) is 2.37. The maximum Gasteiger partial charge on any atom is 0.338 e. The highest BCUT2D eigenvalue weighted by atomic mass is 16.5. The second kappa shape index (κ2) is 7.54. The van der Waals surface area contributed by atoms with Gasteiger partial charge in [-0.25, -0.2) is 4.79 Å². The molecule has 1 rings (SSSR count). The summed E-state index contributed by atoms with van der Waals surface area (Å²) in [7, 11) is 0. The lowest BCUT2D eigenvalue weighted by Crippen LogP contribution is -2.15. The Labute approximate surface area is 109 Å². The highest BCUT2D eigenvalue weighted by molar-refractivity contribution is 5.90. The Morgan fingerprint density at radius 2 is 2.33 bits per heavy atom. The predicted molar refractivity (Wildman–Crippen MR) is 74.9 cm³/mol. The molecule has 0 amide bonds.